The minimum Gasteiger partial charge on any atom is -0.324 e. The van der Waals surface area contributed by atoms with Crippen molar-refractivity contribution < 1.29 is 0 Å². The highest BCUT2D eigenvalue weighted by molar-refractivity contribution is 9.10. The number of hydrogen-bond acceptors (Lipinski definition) is 2. The molecule has 3 rings (SSSR count). The first-order valence-electron chi connectivity index (χ1n) is 5.32. The van der Waals surface area contributed by atoms with Crippen molar-refractivity contribution >= 4 is 27.0 Å². The molecule has 0 aliphatic heterocycles. The number of nitrogens with two attached hydrogens (primary N) is 1. The van der Waals surface area contributed by atoms with E-state index < -0.39 is 0 Å². The van der Waals surface area contributed by atoms with E-state index in [1.54, 1.807) is 0 Å². The molecule has 0 amide bonds. The van der Waals surface area contributed by atoms with Gasteiger partial charge in [-0.1, -0.05) is 15.9 Å². The molecule has 2 aromatic rings. The number of aromatic amines is 2. The van der Waals surface area contributed by atoms with Crippen molar-refractivity contribution in [1.29, 1.82) is 0 Å². The van der Waals surface area contributed by atoms with Crippen molar-refractivity contribution in [2.45, 2.75) is 18.9 Å². The Morgan fingerprint density at radius 3 is 2.56 bits per heavy atom. The van der Waals surface area contributed by atoms with Gasteiger partial charge >= 0.3 is 5.69 Å². The van der Waals surface area contributed by atoms with E-state index in [1.165, 1.54) is 12.8 Å². The summed E-state index contributed by atoms with van der Waals surface area (Å²) in [5.74, 6) is 0.597. The highest BCUT2D eigenvalue weighted by atomic mass is 79.9. The predicted octanol–water partition coefficient (Wildman–Crippen LogP) is 2.03. The van der Waals surface area contributed by atoms with Gasteiger partial charge in [0.2, 0.25) is 0 Å². The van der Waals surface area contributed by atoms with Gasteiger partial charge in [-0.25, -0.2) is 4.79 Å². The number of fused-ring (bicyclic) bond motifs is 1. The minimum atomic E-state index is -0.181. The van der Waals surface area contributed by atoms with Gasteiger partial charge in [-0.2, -0.15) is 0 Å². The van der Waals surface area contributed by atoms with Crippen LogP contribution in [0.2, 0.25) is 0 Å². The maximum atomic E-state index is 11.2. The van der Waals surface area contributed by atoms with Gasteiger partial charge in [0.1, 0.15) is 0 Å². The Labute approximate surface area is 100 Å². The number of imidazole rings is 1. The zero-order valence-electron chi connectivity index (χ0n) is 8.59. The summed E-state index contributed by atoms with van der Waals surface area (Å²) in [6, 6.07) is 3.93. The molecule has 84 valence electrons. The lowest BCUT2D eigenvalue weighted by atomic mass is 10.0. The fourth-order valence-electron chi connectivity index (χ4n) is 2.04. The van der Waals surface area contributed by atoms with Crippen LogP contribution in [-0.4, -0.2) is 9.97 Å². The first-order chi connectivity index (χ1) is 7.65. The number of halogens is 1. The Balaban J connectivity index is 2.15. The monoisotopic (exact) mass is 281 g/mol. The lowest BCUT2D eigenvalue weighted by Gasteiger charge is -2.12. The number of rotatable bonds is 2. The summed E-state index contributed by atoms with van der Waals surface area (Å²) in [5, 5.41) is 0. The Morgan fingerprint density at radius 2 is 1.94 bits per heavy atom. The predicted molar refractivity (Wildman–Crippen MR) is 66.3 cm³/mol. The number of aromatic nitrogens is 2. The Bertz CT molecular complexity index is 597. The first-order valence-corrected chi connectivity index (χ1v) is 6.11. The normalized spacial score (nSPS) is 17.9. The van der Waals surface area contributed by atoms with Gasteiger partial charge in [-0.05, 0) is 36.5 Å². The van der Waals surface area contributed by atoms with Crippen LogP contribution < -0.4 is 11.4 Å². The summed E-state index contributed by atoms with van der Waals surface area (Å²) in [4.78, 5) is 16.7. The van der Waals surface area contributed by atoms with E-state index in [2.05, 4.69) is 25.9 Å². The van der Waals surface area contributed by atoms with Gasteiger partial charge in [0.25, 0.3) is 0 Å². The van der Waals surface area contributed by atoms with Gasteiger partial charge in [-0.15, -0.1) is 0 Å². The lowest BCUT2D eigenvalue weighted by molar-refractivity contribution is 0.631. The largest absolute Gasteiger partial charge is 0.324 e. The van der Waals surface area contributed by atoms with Crippen LogP contribution in [0.25, 0.3) is 11.0 Å². The van der Waals surface area contributed by atoms with E-state index in [0.717, 1.165) is 21.1 Å². The molecular formula is C11H12BrN3O. The van der Waals surface area contributed by atoms with Gasteiger partial charge in [0.05, 0.1) is 11.0 Å². The summed E-state index contributed by atoms with van der Waals surface area (Å²) in [7, 11) is 0. The van der Waals surface area contributed by atoms with Crippen LogP contribution in [0, 0.1) is 5.92 Å². The average molecular weight is 282 g/mol. The fraction of sp³-hybridized carbons (Fsp3) is 0.364. The fourth-order valence-corrected chi connectivity index (χ4v) is 2.65. The molecule has 5 heteroatoms. The smallest absolute Gasteiger partial charge is 0.323 e. The third-order valence-corrected chi connectivity index (χ3v) is 3.81. The van der Waals surface area contributed by atoms with Crippen LogP contribution in [0.4, 0.5) is 0 Å². The standard InChI is InChI=1S/C11H12BrN3O/c12-7-4-9-8(14-11(16)15-9)3-6(7)10(13)5-1-2-5/h3-5,10H,1-2,13H2,(H2,14,15,16). The van der Waals surface area contributed by atoms with Crippen molar-refractivity contribution in [3.63, 3.8) is 0 Å². The summed E-state index contributed by atoms with van der Waals surface area (Å²) in [6.45, 7) is 0. The Kier molecular flexibility index (Phi) is 2.19. The zero-order chi connectivity index (χ0) is 11.3. The summed E-state index contributed by atoms with van der Waals surface area (Å²) >= 11 is 3.51. The van der Waals surface area contributed by atoms with Crippen molar-refractivity contribution in [1.82, 2.24) is 9.97 Å². The molecule has 1 heterocycles. The molecule has 4 N–H and O–H groups in total. The van der Waals surface area contributed by atoms with E-state index in [9.17, 15) is 4.79 Å². The molecule has 1 aromatic heterocycles. The van der Waals surface area contributed by atoms with E-state index >= 15 is 0 Å². The van der Waals surface area contributed by atoms with Gasteiger partial charge in [-0.3, -0.25) is 0 Å². The van der Waals surface area contributed by atoms with E-state index in [-0.39, 0.29) is 11.7 Å². The third-order valence-electron chi connectivity index (χ3n) is 3.12. The number of benzene rings is 1. The quantitative estimate of drug-likeness (QED) is 0.788. The molecule has 0 bridgehead atoms. The molecule has 1 aliphatic rings. The molecule has 0 saturated heterocycles. The van der Waals surface area contributed by atoms with Gasteiger partial charge in [0, 0.05) is 10.5 Å². The molecule has 1 aliphatic carbocycles. The van der Waals surface area contributed by atoms with Crippen LogP contribution in [-0.2, 0) is 0 Å². The molecule has 1 unspecified atom stereocenters. The minimum absolute atomic E-state index is 0.0668. The second-order valence-electron chi connectivity index (χ2n) is 4.36. The Hall–Kier alpha value is -1.07. The molecule has 1 aromatic carbocycles. The zero-order valence-corrected chi connectivity index (χ0v) is 10.2. The summed E-state index contributed by atoms with van der Waals surface area (Å²) < 4.78 is 0.967. The molecule has 0 radical (unpaired) electrons. The van der Waals surface area contributed by atoms with Crippen molar-refractivity contribution in [3.05, 3.63) is 32.7 Å². The van der Waals surface area contributed by atoms with Crippen molar-refractivity contribution in [2.75, 3.05) is 0 Å². The number of hydrogen-bond donors (Lipinski definition) is 3. The van der Waals surface area contributed by atoms with Crippen LogP contribution in [0.3, 0.4) is 0 Å². The van der Waals surface area contributed by atoms with Crippen molar-refractivity contribution in [2.24, 2.45) is 11.7 Å². The number of nitrogens with one attached hydrogen (secondary N) is 2. The van der Waals surface area contributed by atoms with E-state index in [4.69, 9.17) is 5.73 Å². The molecular weight excluding hydrogens is 270 g/mol. The molecule has 1 atom stereocenters. The van der Waals surface area contributed by atoms with Crippen LogP contribution >= 0.6 is 15.9 Å². The summed E-state index contributed by atoms with van der Waals surface area (Å²) in [5.41, 5.74) is 8.69. The highest BCUT2D eigenvalue weighted by Crippen LogP contribution is 2.41. The maximum absolute atomic E-state index is 11.2. The highest BCUT2D eigenvalue weighted by Gasteiger charge is 2.30. The van der Waals surface area contributed by atoms with Gasteiger partial charge in [0.15, 0.2) is 0 Å². The van der Waals surface area contributed by atoms with Crippen LogP contribution in [0.15, 0.2) is 21.4 Å². The third kappa shape index (κ3) is 1.60. The van der Waals surface area contributed by atoms with E-state index in [0.29, 0.717) is 5.92 Å². The second kappa shape index (κ2) is 3.46. The number of H-pyrrole nitrogens is 2. The SMILES string of the molecule is NC(c1cc2[nH]c(=O)[nH]c2cc1Br)C1CC1. The summed E-state index contributed by atoms with van der Waals surface area (Å²) in [6.07, 6.45) is 2.41. The average Bonchev–Trinajstić information content (AvgIpc) is 3.00. The van der Waals surface area contributed by atoms with Crippen LogP contribution in [0.5, 0.6) is 0 Å². The molecule has 0 spiro atoms. The maximum Gasteiger partial charge on any atom is 0.323 e. The van der Waals surface area contributed by atoms with Gasteiger partial charge < -0.3 is 15.7 Å². The second-order valence-corrected chi connectivity index (χ2v) is 5.22. The van der Waals surface area contributed by atoms with Crippen molar-refractivity contribution in [3.8, 4) is 0 Å². The Morgan fingerprint density at radius 1 is 1.31 bits per heavy atom. The topological polar surface area (TPSA) is 74.7 Å². The molecule has 1 saturated carbocycles. The first kappa shape index (κ1) is 10.1. The van der Waals surface area contributed by atoms with E-state index in [1.807, 2.05) is 12.1 Å². The molecule has 1 fully saturated rings. The van der Waals surface area contributed by atoms with Crippen LogP contribution in [0.1, 0.15) is 24.4 Å². The lowest BCUT2D eigenvalue weighted by Crippen LogP contribution is -2.12. The molecule has 4 nitrogen and oxygen atoms in total. The molecule has 16 heavy (non-hydrogen) atoms.